The van der Waals surface area contributed by atoms with Crippen LogP contribution in [0, 0.1) is 46.3 Å². The molecule has 4 aliphatic carbocycles. The van der Waals surface area contributed by atoms with Gasteiger partial charge in [-0.15, -0.1) is 0 Å². The molecule has 0 bridgehead atoms. The van der Waals surface area contributed by atoms with Crippen LogP contribution in [0.25, 0.3) is 0 Å². The zero-order valence-electron chi connectivity index (χ0n) is 34.8. The number of nitrogens with zero attached hydrogens (tertiary/aromatic N) is 1. The fraction of sp³-hybridized carbons (Fsp3) is 0.909. The minimum Gasteiger partial charge on any atom is -0.446 e. The van der Waals surface area contributed by atoms with Crippen LogP contribution in [0.5, 0.6) is 0 Å². The molecule has 0 saturated heterocycles. The molecule has 0 spiro atoms. The molecule has 2 amide bonds. The topological polar surface area (TPSA) is 149 Å². The van der Waals surface area contributed by atoms with Gasteiger partial charge in [-0.2, -0.15) is 0 Å². The molecule has 4 aliphatic rings. The smallest absolute Gasteiger partial charge is 0.408 e. The number of amides is 2. The Hall–Kier alpha value is -1.68. The van der Waals surface area contributed by atoms with Gasteiger partial charge in [0.05, 0.1) is 0 Å². The lowest BCUT2D eigenvalue weighted by molar-refractivity contribution is -0.133. The third kappa shape index (κ3) is 11.7. The lowest BCUT2D eigenvalue weighted by Gasteiger charge is -2.58. The van der Waals surface area contributed by atoms with Crippen LogP contribution >= 0.6 is 0 Å². The van der Waals surface area contributed by atoms with Crippen LogP contribution < -0.4 is 27.8 Å². The molecule has 3 saturated carbocycles. The van der Waals surface area contributed by atoms with Gasteiger partial charge in [-0.3, -0.25) is 4.79 Å². The molecular formula is C44H82N6O3. The summed E-state index contributed by atoms with van der Waals surface area (Å²) in [4.78, 5) is 29.3. The summed E-state index contributed by atoms with van der Waals surface area (Å²) in [7, 11) is 0. The number of unbranched alkanes of at least 4 members (excludes halogenated alkanes) is 2. The van der Waals surface area contributed by atoms with Crippen molar-refractivity contribution in [2.45, 2.75) is 162 Å². The molecule has 9 atom stereocenters. The third-order valence-electron chi connectivity index (χ3n) is 14.6. The van der Waals surface area contributed by atoms with Gasteiger partial charge in [0.15, 0.2) is 0 Å². The second-order valence-corrected chi connectivity index (χ2v) is 18.6. The molecule has 9 heteroatoms. The van der Waals surface area contributed by atoms with Gasteiger partial charge in [-0.1, -0.05) is 65.5 Å². The minimum absolute atomic E-state index is 0.0378. The van der Waals surface area contributed by atoms with Crippen molar-refractivity contribution < 1.29 is 14.3 Å². The van der Waals surface area contributed by atoms with Gasteiger partial charge < -0.3 is 37.5 Å². The van der Waals surface area contributed by atoms with Gasteiger partial charge in [0.1, 0.15) is 12.1 Å². The van der Waals surface area contributed by atoms with Gasteiger partial charge in [0.25, 0.3) is 0 Å². The quantitative estimate of drug-likeness (QED) is 0.0537. The molecule has 4 rings (SSSR count). The zero-order chi connectivity index (χ0) is 38.4. The lowest BCUT2D eigenvalue weighted by atomic mass is 9.47. The number of nitrogens with two attached hydrogens (primary N) is 3. The Kier molecular flexibility index (Phi) is 17.9. The molecule has 9 nitrogen and oxygen atoms in total. The second-order valence-electron chi connectivity index (χ2n) is 18.6. The highest BCUT2D eigenvalue weighted by Crippen LogP contribution is 2.67. The summed E-state index contributed by atoms with van der Waals surface area (Å²) in [6.45, 7) is 17.3. The number of hydrogen-bond acceptors (Lipinski definition) is 7. The summed E-state index contributed by atoms with van der Waals surface area (Å²) in [5.41, 5.74) is 19.5. The maximum atomic E-state index is 13.9. The van der Waals surface area contributed by atoms with E-state index in [0.717, 1.165) is 106 Å². The zero-order valence-corrected chi connectivity index (χ0v) is 34.8. The minimum atomic E-state index is -0.622. The summed E-state index contributed by atoms with van der Waals surface area (Å²) in [6, 6.07) is -0.622. The molecular weight excluding hydrogens is 661 g/mol. The largest absolute Gasteiger partial charge is 0.446 e. The molecule has 9 unspecified atom stereocenters. The first-order valence-corrected chi connectivity index (χ1v) is 22.2. The number of nitrogens with one attached hydrogen (secondary N) is 2. The van der Waals surface area contributed by atoms with E-state index in [2.05, 4.69) is 51.3 Å². The van der Waals surface area contributed by atoms with E-state index in [1.54, 1.807) is 0 Å². The van der Waals surface area contributed by atoms with Gasteiger partial charge in [-0.25, -0.2) is 4.79 Å². The Balaban J connectivity index is 1.34. The van der Waals surface area contributed by atoms with Crippen molar-refractivity contribution in [3.05, 3.63) is 11.6 Å². The Morgan fingerprint density at radius 3 is 2.30 bits per heavy atom. The number of carbonyl (C=O) groups excluding carboxylic acids is 2. The standard InChI is InChI=1S/C44H82N6O3/c1-32(2)13-10-14-33(3)37-18-19-38-36-17-16-34-31-35(20-22-43(34,4)39(36)21-23-44(37,38)5)53-42(52)49-40(15-6-7-24-45)41(51)50(30-12-26-47)29-9-8-27-48-28-11-25-46/h16,32-33,35-40,48H,6-15,17-31,45-47H2,1-5H3,(H,49,52). The molecule has 306 valence electrons. The highest BCUT2D eigenvalue weighted by molar-refractivity contribution is 5.85. The number of hydrogen-bond donors (Lipinski definition) is 5. The summed E-state index contributed by atoms with van der Waals surface area (Å²) >= 11 is 0. The predicted octanol–water partition coefficient (Wildman–Crippen LogP) is 7.52. The number of fused-ring (bicyclic) bond motifs is 5. The molecule has 0 aromatic carbocycles. The molecule has 53 heavy (non-hydrogen) atoms. The van der Waals surface area contributed by atoms with Crippen LogP contribution in [-0.4, -0.2) is 74.9 Å². The van der Waals surface area contributed by atoms with E-state index in [4.69, 9.17) is 21.9 Å². The maximum absolute atomic E-state index is 13.9. The van der Waals surface area contributed by atoms with Crippen molar-refractivity contribution in [2.75, 3.05) is 45.8 Å². The van der Waals surface area contributed by atoms with E-state index in [9.17, 15) is 9.59 Å². The van der Waals surface area contributed by atoms with E-state index in [1.165, 1.54) is 56.9 Å². The third-order valence-corrected chi connectivity index (χ3v) is 14.6. The molecule has 8 N–H and O–H groups in total. The van der Waals surface area contributed by atoms with Crippen LogP contribution in [0.3, 0.4) is 0 Å². The Morgan fingerprint density at radius 1 is 0.830 bits per heavy atom. The van der Waals surface area contributed by atoms with Crippen molar-refractivity contribution in [1.82, 2.24) is 15.5 Å². The van der Waals surface area contributed by atoms with Crippen LogP contribution in [0.1, 0.15) is 150 Å². The maximum Gasteiger partial charge on any atom is 0.408 e. The normalized spacial score (nSPS) is 30.5. The summed E-state index contributed by atoms with van der Waals surface area (Å²) in [5.74, 6) is 4.82. The predicted molar refractivity (Wildman–Crippen MR) is 219 cm³/mol. The SMILES string of the molecule is CC(C)CCCC(C)C1CCC2C3CC=C4CC(OC(=O)NC(CCCCN)C(=O)N(CCCN)CCCCNCCCN)CCC4(C)C3CCC12C. The summed E-state index contributed by atoms with van der Waals surface area (Å²) in [5, 5.41) is 6.44. The fourth-order valence-corrected chi connectivity index (χ4v) is 11.6. The van der Waals surface area contributed by atoms with Gasteiger partial charge in [0, 0.05) is 19.5 Å². The lowest BCUT2D eigenvalue weighted by Crippen LogP contribution is -2.52. The van der Waals surface area contributed by atoms with Crippen molar-refractivity contribution >= 4 is 12.0 Å². The second kappa shape index (κ2) is 21.6. The number of ether oxygens (including phenoxy) is 1. The number of carbonyl (C=O) groups is 2. The summed E-state index contributed by atoms with van der Waals surface area (Å²) < 4.78 is 6.16. The number of allylic oxidation sites excluding steroid dienone is 1. The molecule has 0 heterocycles. The van der Waals surface area contributed by atoms with E-state index in [1.807, 2.05) is 4.90 Å². The Morgan fingerprint density at radius 2 is 1.57 bits per heavy atom. The average Bonchev–Trinajstić information content (AvgIpc) is 3.49. The van der Waals surface area contributed by atoms with Crippen molar-refractivity contribution in [1.29, 1.82) is 0 Å². The monoisotopic (exact) mass is 743 g/mol. The molecule has 0 aromatic heterocycles. The first-order chi connectivity index (χ1) is 25.5. The molecule has 0 aliphatic heterocycles. The van der Waals surface area contributed by atoms with Gasteiger partial charge in [-0.05, 0) is 169 Å². The average molecular weight is 743 g/mol. The molecule has 0 aromatic rings. The molecule has 0 radical (unpaired) electrons. The first kappa shape index (κ1) is 44.0. The van der Waals surface area contributed by atoms with Crippen molar-refractivity contribution in [3.8, 4) is 0 Å². The van der Waals surface area contributed by atoms with Crippen molar-refractivity contribution in [2.24, 2.45) is 63.5 Å². The first-order valence-electron chi connectivity index (χ1n) is 22.2. The van der Waals surface area contributed by atoms with Crippen LogP contribution in [0.2, 0.25) is 0 Å². The highest BCUT2D eigenvalue weighted by Gasteiger charge is 2.59. The molecule has 3 fully saturated rings. The number of alkyl carbamates (subject to hydrolysis) is 1. The van der Waals surface area contributed by atoms with Crippen LogP contribution in [0.4, 0.5) is 4.79 Å². The Labute approximate surface area is 324 Å². The fourth-order valence-electron chi connectivity index (χ4n) is 11.6. The summed E-state index contributed by atoms with van der Waals surface area (Å²) in [6.07, 6.45) is 21.3. The van der Waals surface area contributed by atoms with E-state index < -0.39 is 12.1 Å². The van der Waals surface area contributed by atoms with Crippen LogP contribution in [0.15, 0.2) is 11.6 Å². The highest BCUT2D eigenvalue weighted by atomic mass is 16.6. The van der Waals surface area contributed by atoms with Crippen molar-refractivity contribution in [3.63, 3.8) is 0 Å². The van der Waals surface area contributed by atoms with Gasteiger partial charge >= 0.3 is 6.09 Å². The van der Waals surface area contributed by atoms with E-state index in [0.29, 0.717) is 44.6 Å². The van der Waals surface area contributed by atoms with Gasteiger partial charge in [0.2, 0.25) is 5.91 Å². The van der Waals surface area contributed by atoms with E-state index in [-0.39, 0.29) is 17.4 Å². The van der Waals surface area contributed by atoms with E-state index >= 15 is 0 Å². The Bertz CT molecular complexity index is 1150. The number of rotatable bonds is 23. The van der Waals surface area contributed by atoms with Crippen LogP contribution in [-0.2, 0) is 9.53 Å².